The van der Waals surface area contributed by atoms with Crippen LogP contribution >= 0.6 is 23.2 Å². The minimum absolute atomic E-state index is 0.0484. The highest BCUT2D eigenvalue weighted by molar-refractivity contribution is 6.35. The number of morpholine rings is 1. The minimum Gasteiger partial charge on any atom is -0.394 e. The third kappa shape index (κ3) is 3.33. The highest BCUT2D eigenvalue weighted by Crippen LogP contribution is 2.26. The smallest absolute Gasteiger partial charge is 0.0933 e. The molecule has 1 aliphatic rings. The Hall–Kier alpha value is -0.320. The lowest BCUT2D eigenvalue weighted by molar-refractivity contribution is -0.0550. The number of aliphatic hydroxyl groups is 1. The van der Waals surface area contributed by atoms with E-state index in [1.165, 1.54) is 0 Å². The van der Waals surface area contributed by atoms with Crippen molar-refractivity contribution in [2.45, 2.75) is 12.6 Å². The van der Waals surface area contributed by atoms with Crippen LogP contribution in [0.1, 0.15) is 5.56 Å². The lowest BCUT2D eigenvalue weighted by atomic mass is 10.2. The SMILES string of the molecule is OCC1CN(Cc2c(Cl)cccc2Cl)CCO1. The average molecular weight is 276 g/mol. The van der Waals surface area contributed by atoms with E-state index in [1.807, 2.05) is 18.2 Å². The van der Waals surface area contributed by atoms with Crippen molar-refractivity contribution in [2.75, 3.05) is 26.3 Å². The van der Waals surface area contributed by atoms with Crippen molar-refractivity contribution in [1.29, 1.82) is 0 Å². The van der Waals surface area contributed by atoms with Crippen LogP contribution in [0.25, 0.3) is 0 Å². The van der Waals surface area contributed by atoms with Crippen molar-refractivity contribution in [3.05, 3.63) is 33.8 Å². The molecule has 1 aromatic carbocycles. The molecule has 1 unspecified atom stereocenters. The molecule has 1 aliphatic heterocycles. The zero-order valence-electron chi connectivity index (χ0n) is 9.40. The molecule has 1 aromatic rings. The van der Waals surface area contributed by atoms with Crippen LogP contribution in [-0.2, 0) is 11.3 Å². The Kier molecular flexibility index (Phi) is 4.65. The van der Waals surface area contributed by atoms with Gasteiger partial charge < -0.3 is 9.84 Å². The normalized spacial score (nSPS) is 21.7. The van der Waals surface area contributed by atoms with Gasteiger partial charge in [0.25, 0.3) is 0 Å². The van der Waals surface area contributed by atoms with Crippen molar-refractivity contribution in [1.82, 2.24) is 4.90 Å². The molecule has 0 spiro atoms. The average Bonchev–Trinajstić information content (AvgIpc) is 2.34. The number of hydrogen-bond acceptors (Lipinski definition) is 3. The minimum atomic E-state index is -0.106. The lowest BCUT2D eigenvalue weighted by Crippen LogP contribution is -2.43. The maximum absolute atomic E-state index is 9.08. The number of halogens is 2. The second-order valence-corrected chi connectivity index (χ2v) is 4.93. The first-order valence-electron chi connectivity index (χ1n) is 5.58. The van der Waals surface area contributed by atoms with Crippen molar-refractivity contribution in [2.24, 2.45) is 0 Å². The van der Waals surface area contributed by atoms with Crippen molar-refractivity contribution in [3.63, 3.8) is 0 Å². The zero-order valence-corrected chi connectivity index (χ0v) is 10.9. The summed E-state index contributed by atoms with van der Waals surface area (Å²) < 4.78 is 5.40. The van der Waals surface area contributed by atoms with Crippen LogP contribution in [0.5, 0.6) is 0 Å². The molecule has 17 heavy (non-hydrogen) atoms. The Balaban J connectivity index is 2.05. The van der Waals surface area contributed by atoms with E-state index in [0.29, 0.717) is 29.7 Å². The fraction of sp³-hybridized carbons (Fsp3) is 0.500. The highest BCUT2D eigenvalue weighted by Gasteiger charge is 2.21. The van der Waals surface area contributed by atoms with Gasteiger partial charge in [0.05, 0.1) is 19.3 Å². The van der Waals surface area contributed by atoms with Crippen LogP contribution in [0.15, 0.2) is 18.2 Å². The highest BCUT2D eigenvalue weighted by atomic mass is 35.5. The molecule has 0 aromatic heterocycles. The number of hydrogen-bond donors (Lipinski definition) is 1. The van der Waals surface area contributed by atoms with Gasteiger partial charge in [-0.1, -0.05) is 29.3 Å². The summed E-state index contributed by atoms with van der Waals surface area (Å²) in [6, 6.07) is 5.52. The topological polar surface area (TPSA) is 32.7 Å². The summed E-state index contributed by atoms with van der Waals surface area (Å²) in [5.41, 5.74) is 0.939. The number of rotatable bonds is 3. The number of nitrogens with zero attached hydrogens (tertiary/aromatic N) is 1. The predicted molar refractivity (Wildman–Crippen MR) is 68.6 cm³/mol. The number of aliphatic hydroxyl groups excluding tert-OH is 1. The molecule has 1 atom stereocenters. The lowest BCUT2D eigenvalue weighted by Gasteiger charge is -2.32. The Morgan fingerprint density at radius 2 is 2.06 bits per heavy atom. The molecule has 0 amide bonds. The summed E-state index contributed by atoms with van der Waals surface area (Å²) >= 11 is 12.3. The molecule has 0 aliphatic carbocycles. The van der Waals surface area contributed by atoms with Gasteiger partial charge in [0.15, 0.2) is 0 Å². The van der Waals surface area contributed by atoms with Crippen LogP contribution in [0.2, 0.25) is 10.0 Å². The molecule has 1 saturated heterocycles. The quantitative estimate of drug-likeness (QED) is 0.918. The monoisotopic (exact) mass is 275 g/mol. The molecule has 1 heterocycles. The molecular weight excluding hydrogens is 261 g/mol. The molecule has 3 nitrogen and oxygen atoms in total. The van der Waals surface area contributed by atoms with E-state index >= 15 is 0 Å². The molecule has 0 radical (unpaired) electrons. The maximum atomic E-state index is 9.08. The Morgan fingerprint density at radius 3 is 2.71 bits per heavy atom. The van der Waals surface area contributed by atoms with Gasteiger partial charge in [-0.05, 0) is 12.1 Å². The van der Waals surface area contributed by atoms with Crippen LogP contribution in [-0.4, -0.2) is 42.4 Å². The molecule has 1 fully saturated rings. The second-order valence-electron chi connectivity index (χ2n) is 4.11. The first kappa shape index (κ1) is 13.1. The van der Waals surface area contributed by atoms with E-state index in [1.54, 1.807) is 0 Å². The number of ether oxygens (including phenoxy) is 1. The first-order valence-corrected chi connectivity index (χ1v) is 6.34. The molecule has 5 heteroatoms. The summed E-state index contributed by atoms with van der Waals surface area (Å²) in [6.07, 6.45) is -0.106. The van der Waals surface area contributed by atoms with E-state index < -0.39 is 0 Å². The van der Waals surface area contributed by atoms with E-state index in [9.17, 15) is 0 Å². The number of benzene rings is 1. The van der Waals surface area contributed by atoms with Crippen LogP contribution < -0.4 is 0 Å². The van der Waals surface area contributed by atoms with Gasteiger partial charge in [0, 0.05) is 35.2 Å². The summed E-state index contributed by atoms with van der Waals surface area (Å²) in [7, 11) is 0. The van der Waals surface area contributed by atoms with Crippen molar-refractivity contribution >= 4 is 23.2 Å². The second kappa shape index (κ2) is 6.03. The van der Waals surface area contributed by atoms with Crippen molar-refractivity contribution in [3.8, 4) is 0 Å². The third-order valence-electron chi connectivity index (χ3n) is 2.87. The predicted octanol–water partition coefficient (Wildman–Crippen LogP) is 2.19. The van der Waals surface area contributed by atoms with Gasteiger partial charge in [-0.15, -0.1) is 0 Å². The zero-order chi connectivity index (χ0) is 12.3. The third-order valence-corrected chi connectivity index (χ3v) is 3.58. The fourth-order valence-corrected chi connectivity index (χ4v) is 2.46. The van der Waals surface area contributed by atoms with E-state index in [2.05, 4.69) is 4.90 Å². The molecule has 1 N–H and O–H groups in total. The van der Waals surface area contributed by atoms with Gasteiger partial charge in [0.2, 0.25) is 0 Å². The molecule has 0 saturated carbocycles. The van der Waals surface area contributed by atoms with Gasteiger partial charge in [-0.25, -0.2) is 0 Å². The van der Waals surface area contributed by atoms with Crippen LogP contribution in [0.4, 0.5) is 0 Å². The summed E-state index contributed by atoms with van der Waals surface area (Å²) in [5.74, 6) is 0. The maximum Gasteiger partial charge on any atom is 0.0933 e. The standard InChI is InChI=1S/C12H15Cl2NO2/c13-11-2-1-3-12(14)10(11)7-15-4-5-17-9(6-15)8-16/h1-3,9,16H,4-8H2. The van der Waals surface area contributed by atoms with E-state index in [-0.39, 0.29) is 12.7 Å². The summed E-state index contributed by atoms with van der Waals surface area (Å²) in [5, 5.41) is 10.4. The van der Waals surface area contributed by atoms with Gasteiger partial charge >= 0.3 is 0 Å². The summed E-state index contributed by atoms with van der Waals surface area (Å²) in [4.78, 5) is 2.19. The summed E-state index contributed by atoms with van der Waals surface area (Å²) in [6.45, 7) is 2.91. The van der Waals surface area contributed by atoms with Crippen molar-refractivity contribution < 1.29 is 9.84 Å². The Labute approximate surface area is 111 Å². The molecule has 2 rings (SSSR count). The molecule has 94 valence electrons. The van der Waals surface area contributed by atoms with Gasteiger partial charge in [-0.3, -0.25) is 4.90 Å². The largest absolute Gasteiger partial charge is 0.394 e. The van der Waals surface area contributed by atoms with Crippen LogP contribution in [0, 0.1) is 0 Å². The van der Waals surface area contributed by atoms with Gasteiger partial charge in [0.1, 0.15) is 0 Å². The van der Waals surface area contributed by atoms with E-state index in [4.69, 9.17) is 33.0 Å². The fourth-order valence-electron chi connectivity index (χ4n) is 1.94. The van der Waals surface area contributed by atoms with Gasteiger partial charge in [-0.2, -0.15) is 0 Å². The van der Waals surface area contributed by atoms with E-state index in [0.717, 1.165) is 12.1 Å². The Morgan fingerprint density at radius 1 is 1.35 bits per heavy atom. The Bertz CT molecular complexity index is 367. The van der Waals surface area contributed by atoms with Crippen LogP contribution in [0.3, 0.4) is 0 Å². The molecule has 0 bridgehead atoms. The molecular formula is C12H15Cl2NO2. The first-order chi connectivity index (χ1) is 8.20.